The minimum atomic E-state index is -0.155. The number of imidazole rings is 1. The number of aryl methyl sites for hydroxylation is 2. The molecule has 0 radical (unpaired) electrons. The van der Waals surface area contributed by atoms with Gasteiger partial charge in [-0.1, -0.05) is 156 Å². The smallest absolute Gasteiger partial charge is 0.149 e. The van der Waals surface area contributed by atoms with Gasteiger partial charge in [0.05, 0.1) is 28.0 Å². The first-order valence-electron chi connectivity index (χ1n) is 21.5. The summed E-state index contributed by atoms with van der Waals surface area (Å²) in [6.07, 6.45) is 1.91. The second-order valence-electron chi connectivity index (χ2n) is 18.7. The minimum Gasteiger partial charge on any atom is -0.507 e. The average molecular weight is 808 g/mol. The third-order valence-corrected chi connectivity index (χ3v) is 12.1. The van der Waals surface area contributed by atoms with E-state index in [1.165, 1.54) is 11.1 Å². The summed E-state index contributed by atoms with van der Waals surface area (Å²) < 4.78 is 2.27. The van der Waals surface area contributed by atoms with Crippen LogP contribution in [0.15, 0.2) is 170 Å². The maximum absolute atomic E-state index is 12.0. The number of para-hydroxylation sites is 1. The zero-order chi connectivity index (χ0) is 43.3. The second kappa shape index (κ2) is 15.8. The van der Waals surface area contributed by atoms with Crippen LogP contribution in [-0.2, 0) is 10.8 Å². The summed E-state index contributed by atoms with van der Waals surface area (Å²) >= 11 is 0. The third-order valence-electron chi connectivity index (χ3n) is 12.1. The maximum atomic E-state index is 12.0. The van der Waals surface area contributed by atoms with Crippen LogP contribution in [0.25, 0.3) is 83.9 Å². The molecule has 9 aromatic rings. The van der Waals surface area contributed by atoms with Gasteiger partial charge in [-0.3, -0.25) is 9.55 Å². The van der Waals surface area contributed by atoms with Crippen molar-refractivity contribution in [3.63, 3.8) is 0 Å². The van der Waals surface area contributed by atoms with Crippen molar-refractivity contribution in [3.05, 3.63) is 192 Å². The lowest BCUT2D eigenvalue weighted by atomic mass is 9.84. The van der Waals surface area contributed by atoms with Crippen molar-refractivity contribution in [2.24, 2.45) is 0 Å². The van der Waals surface area contributed by atoms with Crippen molar-refractivity contribution in [3.8, 4) is 78.6 Å². The Labute approximate surface area is 366 Å². The first-order chi connectivity index (χ1) is 29.7. The molecule has 0 spiro atoms. The molecule has 0 unspecified atom stereocenters. The normalized spacial score (nSPS) is 11.9. The molecule has 0 saturated carbocycles. The molecule has 0 atom stereocenters. The third kappa shape index (κ3) is 7.74. The molecule has 306 valence electrons. The number of aromatic nitrogens is 3. The number of benzene rings is 7. The first-order valence-corrected chi connectivity index (χ1v) is 21.5. The number of hydrogen-bond acceptors (Lipinski definition) is 3. The molecular weight excluding hydrogens is 755 g/mol. The number of fused-ring (bicyclic) bond motifs is 1. The van der Waals surface area contributed by atoms with E-state index in [4.69, 9.17) is 9.97 Å². The van der Waals surface area contributed by atoms with Crippen LogP contribution >= 0.6 is 0 Å². The standard InChI is InChI=1S/C58H53N3O/c1-37-22-24-40(25-23-37)42-28-29-59-51(34-42)45-32-43(39-16-11-9-12-17-39)31-44(33-45)48-20-15-21-53-54(48)60-56(50-36-47(58(6,7)8)30-38(2)55(50)62)61(53)52-27-26-46(57(3,4)5)35-49(52)41-18-13-10-14-19-41/h9-36,62H,1-8H3. The molecule has 2 aromatic heterocycles. The van der Waals surface area contributed by atoms with Crippen LogP contribution in [0.5, 0.6) is 5.75 Å². The van der Waals surface area contributed by atoms with Crippen LogP contribution in [-0.4, -0.2) is 19.6 Å². The molecule has 0 amide bonds. The zero-order valence-corrected chi connectivity index (χ0v) is 37.0. The Balaban J connectivity index is 1.34. The lowest BCUT2D eigenvalue weighted by Crippen LogP contribution is -2.13. The molecule has 0 bridgehead atoms. The van der Waals surface area contributed by atoms with Gasteiger partial charge in [0.15, 0.2) is 0 Å². The Kier molecular flexibility index (Phi) is 10.3. The molecule has 0 aliphatic rings. The predicted molar refractivity (Wildman–Crippen MR) is 260 cm³/mol. The highest BCUT2D eigenvalue weighted by molar-refractivity contribution is 5.98. The Hall–Kier alpha value is -7.04. The summed E-state index contributed by atoms with van der Waals surface area (Å²) in [6.45, 7) is 17.5. The quantitative estimate of drug-likeness (QED) is 0.174. The van der Waals surface area contributed by atoms with Crippen molar-refractivity contribution in [2.75, 3.05) is 0 Å². The van der Waals surface area contributed by atoms with Gasteiger partial charge < -0.3 is 5.11 Å². The molecule has 0 aliphatic heterocycles. The van der Waals surface area contributed by atoms with E-state index in [0.717, 1.165) is 83.6 Å². The van der Waals surface area contributed by atoms with Gasteiger partial charge in [0.2, 0.25) is 0 Å². The summed E-state index contributed by atoms with van der Waals surface area (Å²) in [5.41, 5.74) is 18.3. The highest BCUT2D eigenvalue weighted by Gasteiger charge is 2.26. The second-order valence-corrected chi connectivity index (χ2v) is 18.7. The van der Waals surface area contributed by atoms with Gasteiger partial charge in [-0.25, -0.2) is 4.98 Å². The summed E-state index contributed by atoms with van der Waals surface area (Å²) in [7, 11) is 0. The molecule has 0 fully saturated rings. The van der Waals surface area contributed by atoms with Gasteiger partial charge in [0.25, 0.3) is 0 Å². The summed E-state index contributed by atoms with van der Waals surface area (Å²) in [4.78, 5) is 10.6. The van der Waals surface area contributed by atoms with E-state index in [2.05, 4.69) is 217 Å². The van der Waals surface area contributed by atoms with Crippen molar-refractivity contribution in [1.29, 1.82) is 0 Å². The van der Waals surface area contributed by atoms with Crippen molar-refractivity contribution in [1.82, 2.24) is 14.5 Å². The minimum absolute atomic E-state index is 0.0680. The molecule has 4 nitrogen and oxygen atoms in total. The van der Waals surface area contributed by atoms with E-state index in [1.807, 2.05) is 13.1 Å². The predicted octanol–water partition coefficient (Wildman–Crippen LogP) is 15.3. The van der Waals surface area contributed by atoms with E-state index in [-0.39, 0.29) is 16.6 Å². The monoisotopic (exact) mass is 807 g/mol. The number of pyridine rings is 1. The molecule has 0 saturated heterocycles. The molecule has 4 heteroatoms. The Morgan fingerprint density at radius 1 is 0.468 bits per heavy atom. The zero-order valence-electron chi connectivity index (χ0n) is 37.0. The molecule has 9 rings (SSSR count). The van der Waals surface area contributed by atoms with Gasteiger partial charge in [-0.05, 0) is 129 Å². The van der Waals surface area contributed by atoms with Gasteiger partial charge in [0, 0.05) is 22.9 Å². The fourth-order valence-corrected chi connectivity index (χ4v) is 8.43. The summed E-state index contributed by atoms with van der Waals surface area (Å²) in [5.74, 6) is 0.920. The van der Waals surface area contributed by atoms with Gasteiger partial charge in [-0.15, -0.1) is 0 Å². The van der Waals surface area contributed by atoms with E-state index in [9.17, 15) is 5.11 Å². The lowest BCUT2D eigenvalue weighted by molar-refractivity contribution is 0.471. The highest BCUT2D eigenvalue weighted by Crippen LogP contribution is 2.44. The fourth-order valence-electron chi connectivity index (χ4n) is 8.43. The average Bonchev–Trinajstić information content (AvgIpc) is 3.66. The Bertz CT molecular complexity index is 3090. The highest BCUT2D eigenvalue weighted by atomic mass is 16.3. The molecular formula is C58H53N3O. The molecule has 1 N–H and O–H groups in total. The summed E-state index contributed by atoms with van der Waals surface area (Å²) in [6, 6.07) is 58.3. The maximum Gasteiger partial charge on any atom is 0.149 e. The number of rotatable bonds is 7. The van der Waals surface area contributed by atoms with Crippen LogP contribution in [0.3, 0.4) is 0 Å². The van der Waals surface area contributed by atoms with E-state index < -0.39 is 0 Å². The SMILES string of the molecule is Cc1ccc(-c2ccnc(-c3cc(-c4ccccc4)cc(-c4cccc5c4nc(-c4cc(C(C)(C)C)cc(C)c4O)n5-c4ccc(C(C)(C)C)cc4-c4ccccc4)c3)c2)cc1. The van der Waals surface area contributed by atoms with Gasteiger partial charge >= 0.3 is 0 Å². The number of phenols is 1. The van der Waals surface area contributed by atoms with Crippen LogP contribution in [0.2, 0.25) is 0 Å². The Morgan fingerprint density at radius 2 is 1.10 bits per heavy atom. The van der Waals surface area contributed by atoms with Crippen LogP contribution < -0.4 is 0 Å². The van der Waals surface area contributed by atoms with Crippen LogP contribution in [0, 0.1) is 13.8 Å². The van der Waals surface area contributed by atoms with E-state index in [1.54, 1.807) is 0 Å². The van der Waals surface area contributed by atoms with Crippen molar-refractivity contribution in [2.45, 2.75) is 66.2 Å². The molecule has 62 heavy (non-hydrogen) atoms. The number of hydrogen-bond donors (Lipinski definition) is 1. The van der Waals surface area contributed by atoms with E-state index in [0.29, 0.717) is 11.4 Å². The topological polar surface area (TPSA) is 50.9 Å². The summed E-state index contributed by atoms with van der Waals surface area (Å²) in [5, 5.41) is 12.0. The molecule has 0 aliphatic carbocycles. The largest absolute Gasteiger partial charge is 0.507 e. The van der Waals surface area contributed by atoms with Crippen LogP contribution in [0.1, 0.15) is 63.8 Å². The number of aromatic hydroxyl groups is 1. The van der Waals surface area contributed by atoms with Crippen molar-refractivity contribution < 1.29 is 5.11 Å². The van der Waals surface area contributed by atoms with Gasteiger partial charge in [-0.2, -0.15) is 0 Å². The first kappa shape index (κ1) is 40.4. The van der Waals surface area contributed by atoms with Crippen LogP contribution in [0.4, 0.5) is 0 Å². The molecule has 2 heterocycles. The Morgan fingerprint density at radius 3 is 1.79 bits per heavy atom. The lowest BCUT2D eigenvalue weighted by Gasteiger charge is -2.24. The number of phenolic OH excluding ortho intramolecular Hbond substituents is 1. The van der Waals surface area contributed by atoms with E-state index >= 15 is 0 Å². The molecule has 7 aromatic carbocycles. The van der Waals surface area contributed by atoms with Crippen molar-refractivity contribution >= 4 is 11.0 Å². The number of nitrogens with zero attached hydrogens (tertiary/aromatic N) is 3. The van der Waals surface area contributed by atoms with Gasteiger partial charge in [0.1, 0.15) is 11.6 Å². The fraction of sp³-hybridized carbons (Fsp3) is 0.172.